The average Bonchev–Trinajstić information content (AvgIpc) is 4.01. The summed E-state index contributed by atoms with van der Waals surface area (Å²) in [6.07, 6.45) is 3.39. The van der Waals surface area contributed by atoms with Crippen LogP contribution in [0.2, 0.25) is 4.34 Å². The Balaban J connectivity index is 0.951. The first kappa shape index (κ1) is 54.2. The van der Waals surface area contributed by atoms with E-state index in [1.165, 1.54) is 16.7 Å². The third-order valence-corrected chi connectivity index (χ3v) is 17.3. The van der Waals surface area contributed by atoms with Crippen LogP contribution in [0.25, 0.3) is 0 Å². The van der Waals surface area contributed by atoms with E-state index in [-0.39, 0.29) is 21.4 Å². The lowest BCUT2D eigenvalue weighted by Gasteiger charge is -2.50. The van der Waals surface area contributed by atoms with Gasteiger partial charge in [0.15, 0.2) is 16.9 Å². The number of β-lactam (4-membered cyclic amide) rings is 1. The van der Waals surface area contributed by atoms with E-state index in [4.69, 9.17) is 31.3 Å². The molecule has 2 N–H and O–H groups in total. The Morgan fingerprint density at radius 1 is 0.614 bits per heavy atom. The summed E-state index contributed by atoms with van der Waals surface area (Å²) in [6.45, 7) is 0. The predicted octanol–water partition coefficient (Wildman–Crippen LogP) is 14.1. The molecular weight excluding hydrogens is 1090 g/mol. The molecule has 408 valence electrons. The summed E-state index contributed by atoms with van der Waals surface area (Å²) in [5.41, 5.74) is 3.91. The number of amides is 2. The topological polar surface area (TPSA) is 135 Å². The second-order valence-electron chi connectivity index (χ2n) is 19.9. The van der Waals surface area contributed by atoms with Gasteiger partial charge in [-0.25, -0.2) is 9.78 Å². The average molecular weight is 1150 g/mol. The summed E-state index contributed by atoms with van der Waals surface area (Å²) >= 11 is 9.93. The molecule has 2 aliphatic heterocycles. The van der Waals surface area contributed by atoms with Crippen LogP contribution in [0, 0.1) is 0 Å². The van der Waals surface area contributed by atoms with Crippen molar-refractivity contribution >= 4 is 63.3 Å². The molecule has 11 nitrogen and oxygen atoms in total. The van der Waals surface area contributed by atoms with E-state index in [9.17, 15) is 0 Å². The maximum atomic E-state index is 15.7. The van der Waals surface area contributed by atoms with Crippen molar-refractivity contribution < 1.29 is 24.0 Å². The van der Waals surface area contributed by atoms with Crippen molar-refractivity contribution in [1.29, 1.82) is 0 Å². The number of esters is 1. The minimum atomic E-state index is -1.42. The molecule has 1 saturated heterocycles. The van der Waals surface area contributed by atoms with Crippen LogP contribution in [0.5, 0.6) is 0 Å². The van der Waals surface area contributed by atoms with Crippen molar-refractivity contribution in [2.75, 3.05) is 5.32 Å². The van der Waals surface area contributed by atoms with Gasteiger partial charge in [0.25, 0.3) is 11.8 Å². The number of pyridine rings is 1. The van der Waals surface area contributed by atoms with Crippen LogP contribution in [0.15, 0.2) is 288 Å². The lowest BCUT2D eigenvalue weighted by molar-refractivity contribution is -0.158. The largest absolute Gasteiger partial charge is 0.448 e. The molecule has 2 atom stereocenters. The summed E-state index contributed by atoms with van der Waals surface area (Å²) in [5.74, 6) is -1.95. The zero-order valence-electron chi connectivity index (χ0n) is 44.6. The lowest BCUT2D eigenvalue weighted by atomic mass is 9.77. The van der Waals surface area contributed by atoms with Gasteiger partial charge in [-0.3, -0.25) is 19.5 Å². The molecule has 0 unspecified atom stereocenters. The predicted molar refractivity (Wildman–Crippen MR) is 327 cm³/mol. The molecule has 0 aliphatic carbocycles. The third-order valence-electron chi connectivity index (χ3n) is 14.9. The van der Waals surface area contributed by atoms with Crippen molar-refractivity contribution in [3.63, 3.8) is 0 Å². The molecule has 0 bridgehead atoms. The molecule has 12 rings (SSSR count). The molecule has 2 aliphatic rings. The van der Waals surface area contributed by atoms with E-state index in [2.05, 4.69) is 52.0 Å². The number of fused-ring (bicyclic) bond motifs is 1. The van der Waals surface area contributed by atoms with E-state index < -0.39 is 47.1 Å². The molecule has 2 aromatic heterocycles. The molecule has 14 heteroatoms. The summed E-state index contributed by atoms with van der Waals surface area (Å²) in [7, 11) is 0. The van der Waals surface area contributed by atoms with Crippen LogP contribution < -0.4 is 10.6 Å². The fourth-order valence-electron chi connectivity index (χ4n) is 11.0. The van der Waals surface area contributed by atoms with E-state index in [1.54, 1.807) is 12.4 Å². The van der Waals surface area contributed by atoms with Crippen LogP contribution in [-0.2, 0) is 35.1 Å². The van der Waals surface area contributed by atoms with Crippen LogP contribution in [-0.4, -0.2) is 50.4 Å². The molecule has 0 saturated carbocycles. The summed E-state index contributed by atoms with van der Waals surface area (Å²) in [4.78, 5) is 65.1. The minimum absolute atomic E-state index is 0.0168. The van der Waals surface area contributed by atoms with E-state index >= 15 is 14.4 Å². The second-order valence-corrected chi connectivity index (χ2v) is 22.6. The standard InChI is InChI=1S/C69H53ClN6O5S2/c70-63-59(73-67(83-63)74-68(49-29-13-3-14-30-49,50-31-15-4-16-32-50)51-33-17-5-18-34-51)60(75-81-69(52-35-19-6-20-36-52,53-37-21-7-22-38-53)54-39-23-8-24-40-54)64(77)72-58-56-41-42-57(82-55-43-45-71-46-44-55)61(76(56)65(58)78)66(79)80-62(47-25-9-1-10-26-47)48-27-11-2-12-28-48/h1-40,43-46,56,58,62H,41-42H2,(H,72,77)(H,73,74)/b75-60-/t56-,58+/m1/s1. The van der Waals surface area contributed by atoms with Crippen molar-refractivity contribution in [2.45, 2.75) is 47.1 Å². The van der Waals surface area contributed by atoms with Crippen LogP contribution in [0.3, 0.4) is 0 Å². The Hall–Kier alpha value is -9.40. The van der Waals surface area contributed by atoms with Crippen molar-refractivity contribution in [3.05, 3.63) is 332 Å². The number of rotatable bonds is 19. The fourth-order valence-corrected chi connectivity index (χ4v) is 13.2. The highest BCUT2D eigenvalue weighted by atomic mass is 35.5. The van der Waals surface area contributed by atoms with Gasteiger partial charge >= 0.3 is 5.97 Å². The van der Waals surface area contributed by atoms with Gasteiger partial charge in [0.2, 0.25) is 5.60 Å². The third kappa shape index (κ3) is 10.9. The molecule has 4 heterocycles. The molecule has 83 heavy (non-hydrogen) atoms. The number of nitrogens with one attached hydrogen (secondary N) is 2. The zero-order valence-corrected chi connectivity index (χ0v) is 47.0. The SMILES string of the molecule is O=C(OC(c1ccccc1)c1ccccc1)C1=C(Sc2ccncc2)CC[C@@H]2[C@H](NC(=O)/C(=N\OC(c3ccccc3)(c3ccccc3)c3ccccc3)c3nc(NC(c4ccccc4)(c4ccccc4)c4ccccc4)sc3Cl)C(=O)N12. The number of carbonyl (C=O) groups is 3. The number of nitrogens with zero attached hydrogens (tertiary/aromatic N) is 4. The first-order valence-electron chi connectivity index (χ1n) is 27.1. The lowest BCUT2D eigenvalue weighted by Crippen LogP contribution is -2.72. The first-order chi connectivity index (χ1) is 40.8. The number of anilines is 1. The number of benzene rings is 8. The molecule has 0 radical (unpaired) electrons. The van der Waals surface area contributed by atoms with Crippen molar-refractivity contribution in [2.24, 2.45) is 5.16 Å². The monoisotopic (exact) mass is 1140 g/mol. The highest BCUT2D eigenvalue weighted by Crippen LogP contribution is 2.47. The summed E-state index contributed by atoms with van der Waals surface area (Å²) in [6, 6.07) is 80.2. The summed E-state index contributed by atoms with van der Waals surface area (Å²) < 4.78 is 6.62. The zero-order chi connectivity index (χ0) is 56.6. The van der Waals surface area contributed by atoms with E-state index in [1.807, 2.05) is 218 Å². The van der Waals surface area contributed by atoms with Crippen LogP contribution in [0.4, 0.5) is 5.13 Å². The number of oxime groups is 1. The Morgan fingerprint density at radius 3 is 1.51 bits per heavy atom. The van der Waals surface area contributed by atoms with Gasteiger partial charge in [-0.2, -0.15) is 0 Å². The Kier molecular flexibility index (Phi) is 15.9. The van der Waals surface area contributed by atoms with Gasteiger partial charge in [0, 0.05) is 38.9 Å². The number of hydrogen-bond donors (Lipinski definition) is 2. The molecule has 2 amide bonds. The van der Waals surface area contributed by atoms with E-state index in [0.29, 0.717) is 22.9 Å². The second kappa shape index (κ2) is 24.4. The molecule has 0 spiro atoms. The Bertz CT molecular complexity index is 3690. The Labute approximate surface area is 494 Å². The van der Waals surface area contributed by atoms with Crippen LogP contribution >= 0.6 is 34.7 Å². The van der Waals surface area contributed by atoms with Crippen molar-refractivity contribution in [3.8, 4) is 0 Å². The first-order valence-corrected chi connectivity index (χ1v) is 29.1. The number of thiazole rings is 1. The summed E-state index contributed by atoms with van der Waals surface area (Å²) in [5, 5.41) is 12.1. The number of halogens is 1. The number of thioether (sulfide) groups is 1. The van der Waals surface area contributed by atoms with Crippen molar-refractivity contribution in [1.82, 2.24) is 20.2 Å². The maximum Gasteiger partial charge on any atom is 0.356 e. The maximum absolute atomic E-state index is 15.7. The van der Waals surface area contributed by atoms with Gasteiger partial charge in [0.1, 0.15) is 27.3 Å². The fraction of sp³-hybridized carbons (Fsp3) is 0.101. The number of ether oxygens (including phenoxy) is 1. The van der Waals surface area contributed by atoms with Gasteiger partial charge in [-0.05, 0) is 52.8 Å². The Morgan fingerprint density at radius 2 is 1.05 bits per heavy atom. The van der Waals surface area contributed by atoms with Crippen LogP contribution in [0.1, 0.15) is 69.1 Å². The molecular formula is C69H53ClN6O5S2. The van der Waals surface area contributed by atoms with Gasteiger partial charge in [0.05, 0.1) is 6.04 Å². The highest BCUT2D eigenvalue weighted by Gasteiger charge is 2.55. The molecule has 10 aromatic rings. The normalized spacial score (nSPS) is 15.2. The number of hydrogen-bond acceptors (Lipinski definition) is 11. The smallest absolute Gasteiger partial charge is 0.356 e. The van der Waals surface area contributed by atoms with Gasteiger partial charge in [-0.1, -0.05) is 283 Å². The van der Waals surface area contributed by atoms with Gasteiger partial charge < -0.3 is 20.2 Å². The van der Waals surface area contributed by atoms with Gasteiger partial charge in [-0.15, -0.1) is 0 Å². The highest BCUT2D eigenvalue weighted by molar-refractivity contribution is 8.03. The van der Waals surface area contributed by atoms with E-state index in [0.717, 1.165) is 60.7 Å². The molecule has 1 fully saturated rings. The number of carbonyl (C=O) groups excluding carboxylic acids is 3. The molecule has 8 aromatic carbocycles. The quantitative estimate of drug-likeness (QED) is 0.0267. The minimum Gasteiger partial charge on any atom is -0.448 e. The number of allylic oxidation sites excluding steroid dienone is 1. The number of aromatic nitrogens is 2.